The molecule has 23 heavy (non-hydrogen) atoms. The van der Waals surface area contributed by atoms with E-state index < -0.39 is 0 Å². The van der Waals surface area contributed by atoms with Crippen molar-refractivity contribution in [3.63, 3.8) is 0 Å². The Morgan fingerprint density at radius 2 is 2.09 bits per heavy atom. The lowest BCUT2D eigenvalue weighted by Crippen LogP contribution is -2.38. The van der Waals surface area contributed by atoms with Gasteiger partial charge in [-0.15, -0.1) is 11.3 Å². The Morgan fingerprint density at radius 1 is 1.30 bits per heavy atom. The van der Waals surface area contributed by atoms with E-state index in [1.165, 1.54) is 11.1 Å². The van der Waals surface area contributed by atoms with Crippen LogP contribution >= 0.6 is 11.3 Å². The molecule has 2 rings (SSSR count). The second kappa shape index (κ2) is 8.62. The summed E-state index contributed by atoms with van der Waals surface area (Å²) in [4.78, 5) is 8.76. The first kappa shape index (κ1) is 17.4. The minimum absolute atomic E-state index is 0.209. The number of benzene rings is 1. The van der Waals surface area contributed by atoms with Crippen LogP contribution in [0.3, 0.4) is 0 Å². The maximum absolute atomic E-state index is 13.6. The van der Waals surface area contributed by atoms with Gasteiger partial charge in [-0.2, -0.15) is 0 Å². The Labute approximate surface area is 140 Å². The number of halogens is 1. The zero-order valence-electron chi connectivity index (χ0n) is 13.8. The lowest BCUT2D eigenvalue weighted by Gasteiger charge is -2.11. The van der Waals surface area contributed by atoms with Gasteiger partial charge < -0.3 is 10.6 Å². The van der Waals surface area contributed by atoms with E-state index in [4.69, 9.17) is 0 Å². The molecule has 0 atom stereocenters. The number of nitrogens with zero attached hydrogens (tertiary/aromatic N) is 2. The van der Waals surface area contributed by atoms with Gasteiger partial charge in [-0.1, -0.05) is 32.0 Å². The van der Waals surface area contributed by atoms with Gasteiger partial charge in [-0.25, -0.2) is 9.37 Å². The summed E-state index contributed by atoms with van der Waals surface area (Å²) in [6.45, 7) is 5.43. The minimum Gasteiger partial charge on any atom is -0.356 e. The van der Waals surface area contributed by atoms with Crippen LogP contribution in [0, 0.1) is 5.82 Å². The van der Waals surface area contributed by atoms with E-state index >= 15 is 0 Å². The highest BCUT2D eigenvalue weighted by atomic mass is 32.1. The van der Waals surface area contributed by atoms with E-state index in [1.54, 1.807) is 30.5 Å². The van der Waals surface area contributed by atoms with E-state index in [9.17, 15) is 4.39 Å². The number of guanidine groups is 1. The Kier molecular flexibility index (Phi) is 6.52. The van der Waals surface area contributed by atoms with Crippen molar-refractivity contribution in [1.82, 2.24) is 15.6 Å². The van der Waals surface area contributed by atoms with Crippen molar-refractivity contribution < 1.29 is 4.39 Å². The molecule has 0 saturated heterocycles. The van der Waals surface area contributed by atoms with Crippen LogP contribution in [0.4, 0.5) is 4.39 Å². The number of thiazole rings is 1. The molecule has 2 aromatic rings. The predicted octanol–water partition coefficient (Wildman–Crippen LogP) is 3.31. The molecular formula is C17H23FN4S. The zero-order chi connectivity index (χ0) is 16.7. The third-order valence-electron chi connectivity index (χ3n) is 3.36. The molecule has 2 N–H and O–H groups in total. The lowest BCUT2D eigenvalue weighted by molar-refractivity contribution is 0.604. The van der Waals surface area contributed by atoms with Crippen molar-refractivity contribution in [1.29, 1.82) is 0 Å². The molecule has 1 aromatic carbocycles. The monoisotopic (exact) mass is 334 g/mol. The van der Waals surface area contributed by atoms with Crippen molar-refractivity contribution in [2.45, 2.75) is 32.7 Å². The highest BCUT2D eigenvalue weighted by Crippen LogP contribution is 2.19. The van der Waals surface area contributed by atoms with Crippen LogP contribution in [0.15, 0.2) is 34.6 Å². The average Bonchev–Trinajstić information content (AvgIpc) is 3.01. The van der Waals surface area contributed by atoms with Crippen LogP contribution < -0.4 is 10.6 Å². The highest BCUT2D eigenvalue weighted by molar-refractivity contribution is 7.09. The van der Waals surface area contributed by atoms with Crippen LogP contribution in [-0.4, -0.2) is 24.5 Å². The first-order valence-electron chi connectivity index (χ1n) is 7.72. The van der Waals surface area contributed by atoms with Crippen molar-refractivity contribution in [2.24, 2.45) is 4.99 Å². The van der Waals surface area contributed by atoms with Crippen molar-refractivity contribution in [3.05, 3.63) is 51.7 Å². The van der Waals surface area contributed by atoms with Gasteiger partial charge in [-0.3, -0.25) is 4.99 Å². The van der Waals surface area contributed by atoms with E-state index in [-0.39, 0.29) is 5.82 Å². The first-order chi connectivity index (χ1) is 11.1. The summed E-state index contributed by atoms with van der Waals surface area (Å²) in [5.41, 5.74) is 1.72. The number of aromatic nitrogens is 1. The molecule has 0 fully saturated rings. The molecule has 0 aliphatic carbocycles. The molecule has 0 bridgehead atoms. The fourth-order valence-electron chi connectivity index (χ4n) is 2.05. The highest BCUT2D eigenvalue weighted by Gasteiger charge is 2.06. The number of hydrogen-bond acceptors (Lipinski definition) is 3. The Balaban J connectivity index is 1.78. The second-order valence-corrected chi connectivity index (χ2v) is 6.42. The quantitative estimate of drug-likeness (QED) is 0.629. The summed E-state index contributed by atoms with van der Waals surface area (Å²) >= 11 is 1.70. The van der Waals surface area contributed by atoms with Crippen molar-refractivity contribution in [3.8, 4) is 0 Å². The Hall–Kier alpha value is -1.95. The molecular weight excluding hydrogens is 311 g/mol. The molecule has 0 saturated carbocycles. The van der Waals surface area contributed by atoms with Crippen LogP contribution in [0.5, 0.6) is 0 Å². The summed E-state index contributed by atoms with van der Waals surface area (Å²) in [7, 11) is 1.70. The Morgan fingerprint density at radius 3 is 2.74 bits per heavy atom. The fraction of sp³-hybridized carbons (Fsp3) is 0.412. The minimum atomic E-state index is -0.209. The fourth-order valence-corrected chi connectivity index (χ4v) is 2.92. The number of hydrogen-bond donors (Lipinski definition) is 2. The summed E-state index contributed by atoms with van der Waals surface area (Å²) < 4.78 is 13.6. The van der Waals surface area contributed by atoms with Crippen LogP contribution in [0.1, 0.15) is 36.0 Å². The third-order valence-corrected chi connectivity index (χ3v) is 4.56. The predicted molar refractivity (Wildman–Crippen MR) is 94.5 cm³/mol. The summed E-state index contributed by atoms with van der Waals surface area (Å²) in [6, 6.07) is 6.73. The van der Waals surface area contributed by atoms with Crippen LogP contribution in [-0.2, 0) is 13.0 Å². The van der Waals surface area contributed by atoms with Gasteiger partial charge in [0.1, 0.15) is 5.82 Å². The van der Waals surface area contributed by atoms with Gasteiger partial charge in [0.25, 0.3) is 0 Å². The summed E-state index contributed by atoms with van der Waals surface area (Å²) in [5.74, 6) is 0.920. The second-order valence-electron chi connectivity index (χ2n) is 5.53. The van der Waals surface area contributed by atoms with Crippen LogP contribution in [0.25, 0.3) is 0 Å². The van der Waals surface area contributed by atoms with Crippen molar-refractivity contribution in [2.75, 3.05) is 13.6 Å². The van der Waals surface area contributed by atoms with Gasteiger partial charge in [0.15, 0.2) is 5.96 Å². The zero-order valence-corrected chi connectivity index (χ0v) is 14.6. The SMILES string of the molecule is CN=C(NCCc1csc(C(C)C)n1)NCc1ccccc1F. The summed E-state index contributed by atoms with van der Waals surface area (Å²) in [6.07, 6.45) is 0.837. The summed E-state index contributed by atoms with van der Waals surface area (Å²) in [5, 5.41) is 9.62. The van der Waals surface area contributed by atoms with E-state index in [2.05, 4.69) is 39.8 Å². The molecule has 6 heteroatoms. The standard InChI is InChI=1S/C17H23FN4S/c1-12(2)16-22-14(11-23-16)8-9-20-17(19-3)21-10-13-6-4-5-7-15(13)18/h4-7,11-12H,8-10H2,1-3H3,(H2,19,20,21). The molecule has 0 unspecified atom stereocenters. The molecule has 0 radical (unpaired) electrons. The molecule has 0 aliphatic rings. The molecule has 124 valence electrons. The topological polar surface area (TPSA) is 49.3 Å². The lowest BCUT2D eigenvalue weighted by atomic mass is 10.2. The van der Waals surface area contributed by atoms with Gasteiger partial charge in [0, 0.05) is 43.4 Å². The van der Waals surface area contributed by atoms with Gasteiger partial charge in [-0.05, 0) is 6.07 Å². The van der Waals surface area contributed by atoms with Gasteiger partial charge in [0.05, 0.1) is 10.7 Å². The average molecular weight is 334 g/mol. The molecule has 4 nitrogen and oxygen atoms in total. The number of rotatable bonds is 6. The van der Waals surface area contributed by atoms with Crippen LogP contribution in [0.2, 0.25) is 0 Å². The maximum Gasteiger partial charge on any atom is 0.191 e. The molecule has 1 heterocycles. The van der Waals surface area contributed by atoms with E-state index in [0.717, 1.165) is 18.7 Å². The van der Waals surface area contributed by atoms with Gasteiger partial charge >= 0.3 is 0 Å². The van der Waals surface area contributed by atoms with E-state index in [1.807, 2.05) is 6.07 Å². The third kappa shape index (κ3) is 5.32. The Bertz CT molecular complexity index is 652. The molecule has 0 aliphatic heterocycles. The molecule has 1 aromatic heterocycles. The normalized spacial score (nSPS) is 11.8. The number of nitrogens with one attached hydrogen (secondary N) is 2. The molecule has 0 spiro atoms. The van der Waals surface area contributed by atoms with E-state index in [0.29, 0.717) is 24.0 Å². The van der Waals surface area contributed by atoms with Crippen molar-refractivity contribution >= 4 is 17.3 Å². The largest absolute Gasteiger partial charge is 0.356 e. The smallest absolute Gasteiger partial charge is 0.191 e. The number of aliphatic imine (C=N–C) groups is 1. The first-order valence-corrected chi connectivity index (χ1v) is 8.60. The van der Waals surface area contributed by atoms with Gasteiger partial charge in [0.2, 0.25) is 0 Å². The maximum atomic E-state index is 13.6. The molecule has 0 amide bonds.